The molecule has 0 heterocycles. The topological polar surface area (TPSA) is 17.1 Å². The number of halogens is 2. The average Bonchev–Trinajstić information content (AvgIpc) is 2.46. The number of carbonyl (C=O) groups excluding carboxylic acids is 1. The fraction of sp³-hybridized carbons (Fsp3) is 0.188. The summed E-state index contributed by atoms with van der Waals surface area (Å²) in [4.78, 5) is 12.2. The van der Waals surface area contributed by atoms with Crippen LogP contribution in [0.3, 0.4) is 0 Å². The number of benzene rings is 2. The van der Waals surface area contributed by atoms with E-state index < -0.39 is 0 Å². The van der Waals surface area contributed by atoms with Gasteiger partial charge in [-0.3, -0.25) is 4.79 Å². The monoisotopic (exact) mass is 380 g/mol. The van der Waals surface area contributed by atoms with Gasteiger partial charge >= 0.3 is 0 Å². The van der Waals surface area contributed by atoms with E-state index in [9.17, 15) is 4.79 Å². The molecule has 2 atom stereocenters. The predicted octanol–water partition coefficient (Wildman–Crippen LogP) is 5.08. The van der Waals surface area contributed by atoms with Crippen molar-refractivity contribution in [2.75, 3.05) is 0 Å². The van der Waals surface area contributed by atoms with E-state index in [2.05, 4.69) is 31.9 Å². The first kappa shape index (κ1) is 14.5. The van der Waals surface area contributed by atoms with E-state index in [1.807, 2.05) is 61.5 Å². The minimum Gasteiger partial charge on any atom is -0.293 e. The lowest BCUT2D eigenvalue weighted by atomic mass is 9.99. The first-order valence-corrected chi connectivity index (χ1v) is 7.87. The van der Waals surface area contributed by atoms with Gasteiger partial charge in [0.2, 0.25) is 0 Å². The van der Waals surface area contributed by atoms with Gasteiger partial charge in [-0.05, 0) is 18.1 Å². The number of hydrogen-bond acceptors (Lipinski definition) is 1. The number of carbonyl (C=O) groups is 1. The Bertz CT molecular complexity index is 566. The summed E-state index contributed by atoms with van der Waals surface area (Å²) in [6.07, 6.45) is 0. The summed E-state index contributed by atoms with van der Waals surface area (Å²) in [5, 5.41) is 0. The van der Waals surface area contributed by atoms with Crippen LogP contribution in [0.5, 0.6) is 0 Å². The van der Waals surface area contributed by atoms with E-state index in [1.54, 1.807) is 0 Å². The molecule has 0 spiro atoms. The van der Waals surface area contributed by atoms with Gasteiger partial charge < -0.3 is 0 Å². The Morgan fingerprint density at radius 3 is 2.16 bits per heavy atom. The lowest BCUT2D eigenvalue weighted by molar-refractivity contribution is 0.0990. The quantitative estimate of drug-likeness (QED) is 0.533. The standard InChI is InChI=1S/C16H14Br2O/c1-11-7-5-6-10-13(11)16(19)15(18)14(17)12-8-3-2-4-9-12/h2-10,14-15H,1H3. The van der Waals surface area contributed by atoms with Gasteiger partial charge in [0, 0.05) is 5.56 Å². The second-order valence-corrected chi connectivity index (χ2v) is 6.37. The number of aryl methyl sites for hydroxylation is 1. The van der Waals surface area contributed by atoms with E-state index in [1.165, 1.54) is 0 Å². The molecular formula is C16H14Br2O. The molecule has 0 aromatic heterocycles. The van der Waals surface area contributed by atoms with Gasteiger partial charge in [-0.25, -0.2) is 0 Å². The third kappa shape index (κ3) is 3.34. The largest absolute Gasteiger partial charge is 0.293 e. The third-order valence-corrected chi connectivity index (χ3v) is 5.75. The molecule has 0 aliphatic heterocycles. The Labute approximate surface area is 130 Å². The van der Waals surface area contributed by atoms with Crippen molar-refractivity contribution >= 4 is 37.6 Å². The minimum atomic E-state index is -0.281. The zero-order valence-electron chi connectivity index (χ0n) is 10.5. The Kier molecular flexibility index (Phi) is 4.94. The van der Waals surface area contributed by atoms with Crippen molar-refractivity contribution in [1.82, 2.24) is 0 Å². The highest BCUT2D eigenvalue weighted by molar-refractivity contribution is 9.12. The van der Waals surface area contributed by atoms with Crippen molar-refractivity contribution in [3.63, 3.8) is 0 Å². The Morgan fingerprint density at radius 2 is 1.53 bits per heavy atom. The second kappa shape index (κ2) is 6.49. The van der Waals surface area contributed by atoms with Crippen LogP contribution >= 0.6 is 31.9 Å². The van der Waals surface area contributed by atoms with Gasteiger partial charge in [0.1, 0.15) is 0 Å². The number of alkyl halides is 2. The van der Waals surface area contributed by atoms with Crippen LogP contribution in [0.15, 0.2) is 54.6 Å². The van der Waals surface area contributed by atoms with Gasteiger partial charge in [-0.1, -0.05) is 86.5 Å². The molecule has 0 amide bonds. The first-order valence-electron chi connectivity index (χ1n) is 6.04. The smallest absolute Gasteiger partial charge is 0.178 e. The van der Waals surface area contributed by atoms with Crippen LogP contribution < -0.4 is 0 Å². The summed E-state index contributed by atoms with van der Waals surface area (Å²) < 4.78 is 0. The molecule has 1 nitrogen and oxygen atoms in total. The molecule has 0 aliphatic carbocycles. The first-order chi connectivity index (χ1) is 9.11. The van der Waals surface area contributed by atoms with E-state index >= 15 is 0 Å². The maximum Gasteiger partial charge on any atom is 0.178 e. The zero-order chi connectivity index (χ0) is 13.8. The van der Waals surface area contributed by atoms with Crippen LogP contribution in [0.4, 0.5) is 0 Å². The zero-order valence-corrected chi connectivity index (χ0v) is 13.7. The lowest BCUT2D eigenvalue weighted by Gasteiger charge is -2.17. The molecule has 0 N–H and O–H groups in total. The highest BCUT2D eigenvalue weighted by atomic mass is 79.9. The highest BCUT2D eigenvalue weighted by Gasteiger charge is 2.26. The van der Waals surface area contributed by atoms with Gasteiger partial charge in [0.25, 0.3) is 0 Å². The Hall–Kier alpha value is -0.930. The van der Waals surface area contributed by atoms with Gasteiger partial charge in [-0.2, -0.15) is 0 Å². The van der Waals surface area contributed by atoms with Crippen LogP contribution in [0.25, 0.3) is 0 Å². The maximum atomic E-state index is 12.5. The summed E-state index contributed by atoms with van der Waals surface area (Å²) >= 11 is 7.13. The van der Waals surface area contributed by atoms with Crippen molar-refractivity contribution in [2.45, 2.75) is 16.6 Å². The number of ketones is 1. The molecule has 0 radical (unpaired) electrons. The summed E-state index contributed by atoms with van der Waals surface area (Å²) in [6.45, 7) is 1.96. The van der Waals surface area contributed by atoms with Gasteiger partial charge in [0.05, 0.1) is 9.65 Å². The fourth-order valence-corrected chi connectivity index (χ4v) is 3.03. The third-order valence-electron chi connectivity index (χ3n) is 3.04. The summed E-state index contributed by atoms with van der Waals surface area (Å²) in [7, 11) is 0. The van der Waals surface area contributed by atoms with Crippen molar-refractivity contribution in [2.24, 2.45) is 0 Å². The van der Waals surface area contributed by atoms with Gasteiger partial charge in [0.15, 0.2) is 5.78 Å². The van der Waals surface area contributed by atoms with Crippen molar-refractivity contribution < 1.29 is 4.79 Å². The maximum absolute atomic E-state index is 12.5. The number of hydrogen-bond donors (Lipinski definition) is 0. The van der Waals surface area contributed by atoms with Crippen molar-refractivity contribution in [1.29, 1.82) is 0 Å². The molecular weight excluding hydrogens is 368 g/mol. The number of rotatable bonds is 4. The minimum absolute atomic E-state index is 0.0409. The van der Waals surface area contributed by atoms with E-state index in [0.29, 0.717) is 0 Å². The van der Waals surface area contributed by atoms with E-state index in [0.717, 1.165) is 16.7 Å². The molecule has 0 saturated heterocycles. The molecule has 2 unspecified atom stereocenters. The molecule has 2 aromatic carbocycles. The van der Waals surface area contributed by atoms with Gasteiger partial charge in [-0.15, -0.1) is 0 Å². The molecule has 2 aromatic rings. The Morgan fingerprint density at radius 1 is 0.947 bits per heavy atom. The SMILES string of the molecule is Cc1ccccc1C(=O)C(Br)C(Br)c1ccccc1. The van der Waals surface area contributed by atoms with Crippen LogP contribution in [0.1, 0.15) is 26.3 Å². The van der Waals surface area contributed by atoms with Crippen molar-refractivity contribution in [3.8, 4) is 0 Å². The molecule has 0 fully saturated rings. The molecule has 0 aliphatic rings. The summed E-state index contributed by atoms with van der Waals surface area (Å²) in [5.41, 5.74) is 2.86. The van der Waals surface area contributed by atoms with Crippen LogP contribution in [0.2, 0.25) is 0 Å². The van der Waals surface area contributed by atoms with Crippen LogP contribution in [-0.4, -0.2) is 10.6 Å². The second-order valence-electron chi connectivity index (χ2n) is 4.39. The summed E-state index contributed by atoms with van der Waals surface area (Å²) in [6, 6.07) is 17.6. The van der Waals surface area contributed by atoms with Crippen LogP contribution in [-0.2, 0) is 0 Å². The van der Waals surface area contributed by atoms with Crippen LogP contribution in [0, 0.1) is 6.92 Å². The molecule has 0 bridgehead atoms. The predicted molar refractivity (Wildman–Crippen MR) is 86.3 cm³/mol. The average molecular weight is 382 g/mol. The van der Waals surface area contributed by atoms with E-state index in [4.69, 9.17) is 0 Å². The van der Waals surface area contributed by atoms with Crippen molar-refractivity contribution in [3.05, 3.63) is 71.3 Å². The lowest BCUT2D eigenvalue weighted by Crippen LogP contribution is -2.20. The van der Waals surface area contributed by atoms with E-state index in [-0.39, 0.29) is 15.4 Å². The summed E-state index contributed by atoms with van der Waals surface area (Å²) in [5.74, 6) is 0.101. The molecule has 19 heavy (non-hydrogen) atoms. The Balaban J connectivity index is 2.23. The highest BCUT2D eigenvalue weighted by Crippen LogP contribution is 2.33. The molecule has 2 rings (SSSR count). The number of Topliss-reactive ketones (excluding diaryl/α,β-unsaturated/α-hetero) is 1. The molecule has 3 heteroatoms. The normalized spacial score (nSPS) is 13.8. The molecule has 98 valence electrons. The molecule has 0 saturated carbocycles. The fourth-order valence-electron chi connectivity index (χ4n) is 1.94.